The maximum atomic E-state index is 12.8. The molecule has 4 nitrogen and oxygen atoms in total. The van der Waals surface area contributed by atoms with Gasteiger partial charge in [-0.15, -0.1) is 0 Å². The zero-order valence-corrected chi connectivity index (χ0v) is 12.7. The van der Waals surface area contributed by atoms with Crippen LogP contribution in [-0.2, 0) is 14.9 Å². The fourth-order valence-corrected chi connectivity index (χ4v) is 3.32. The number of nitrogen functional groups attached to an aromatic ring is 1. The second-order valence-electron chi connectivity index (χ2n) is 6.45. The van der Waals surface area contributed by atoms with Crippen LogP contribution in [0.3, 0.4) is 0 Å². The number of nitrogens with two attached hydrogens (primary N) is 1. The minimum Gasteiger partial charge on any atom is -0.399 e. The second-order valence-corrected chi connectivity index (χ2v) is 6.45. The van der Waals surface area contributed by atoms with Crippen LogP contribution in [0.25, 0.3) is 0 Å². The highest BCUT2D eigenvalue weighted by molar-refractivity contribution is 5.91. The molecule has 1 saturated heterocycles. The van der Waals surface area contributed by atoms with Crippen molar-refractivity contribution in [1.82, 2.24) is 4.90 Å². The SMILES string of the molecule is CN(CC1CCOCC1)C(=O)C1(c2ccc(N)cc2)CC1. The third-order valence-corrected chi connectivity index (χ3v) is 4.84. The van der Waals surface area contributed by atoms with E-state index in [1.807, 2.05) is 36.2 Å². The quantitative estimate of drug-likeness (QED) is 0.864. The predicted octanol–water partition coefficient (Wildman–Crippen LogP) is 2.19. The average Bonchev–Trinajstić information content (AvgIpc) is 3.30. The van der Waals surface area contributed by atoms with E-state index in [4.69, 9.17) is 10.5 Å². The Kier molecular flexibility index (Phi) is 3.89. The Bertz CT molecular complexity index is 502. The van der Waals surface area contributed by atoms with E-state index in [-0.39, 0.29) is 11.3 Å². The highest BCUT2D eigenvalue weighted by atomic mass is 16.5. The highest BCUT2D eigenvalue weighted by Crippen LogP contribution is 2.49. The molecule has 1 aromatic carbocycles. The smallest absolute Gasteiger partial charge is 0.232 e. The molecule has 0 spiro atoms. The molecule has 1 amide bonds. The van der Waals surface area contributed by atoms with Crippen molar-refractivity contribution in [3.63, 3.8) is 0 Å². The van der Waals surface area contributed by atoms with Gasteiger partial charge in [-0.2, -0.15) is 0 Å². The van der Waals surface area contributed by atoms with Gasteiger partial charge in [-0.1, -0.05) is 12.1 Å². The molecule has 2 fully saturated rings. The number of anilines is 1. The average molecular weight is 288 g/mol. The number of likely N-dealkylation sites (N-methyl/N-ethyl adjacent to an activating group) is 1. The number of nitrogens with zero attached hydrogens (tertiary/aromatic N) is 1. The zero-order chi connectivity index (χ0) is 14.9. The van der Waals surface area contributed by atoms with Crippen molar-refractivity contribution in [2.75, 3.05) is 32.5 Å². The van der Waals surface area contributed by atoms with E-state index < -0.39 is 0 Å². The van der Waals surface area contributed by atoms with Crippen molar-refractivity contribution in [3.8, 4) is 0 Å². The Hall–Kier alpha value is -1.55. The van der Waals surface area contributed by atoms with E-state index in [9.17, 15) is 4.79 Å². The predicted molar refractivity (Wildman–Crippen MR) is 82.9 cm³/mol. The number of benzene rings is 1. The van der Waals surface area contributed by atoms with Crippen molar-refractivity contribution < 1.29 is 9.53 Å². The van der Waals surface area contributed by atoms with Crippen molar-refractivity contribution in [3.05, 3.63) is 29.8 Å². The molecule has 2 aliphatic rings. The third kappa shape index (κ3) is 2.91. The first-order valence-electron chi connectivity index (χ1n) is 7.81. The molecule has 0 unspecified atom stereocenters. The van der Waals surface area contributed by atoms with Crippen LogP contribution in [0, 0.1) is 5.92 Å². The summed E-state index contributed by atoms with van der Waals surface area (Å²) in [6, 6.07) is 7.79. The van der Waals surface area contributed by atoms with Crippen LogP contribution in [0.5, 0.6) is 0 Å². The van der Waals surface area contributed by atoms with Crippen LogP contribution in [-0.4, -0.2) is 37.6 Å². The summed E-state index contributed by atoms with van der Waals surface area (Å²) in [5.41, 5.74) is 7.32. The summed E-state index contributed by atoms with van der Waals surface area (Å²) in [4.78, 5) is 14.8. The molecule has 0 aromatic heterocycles. The summed E-state index contributed by atoms with van der Waals surface area (Å²) in [6.07, 6.45) is 4.03. The Morgan fingerprint density at radius 1 is 1.29 bits per heavy atom. The molecule has 0 radical (unpaired) electrons. The van der Waals surface area contributed by atoms with Crippen molar-refractivity contribution >= 4 is 11.6 Å². The Labute approximate surface area is 126 Å². The Balaban J connectivity index is 1.67. The molecule has 0 atom stereocenters. The molecule has 1 aromatic rings. The van der Waals surface area contributed by atoms with Gasteiger partial charge in [0, 0.05) is 32.5 Å². The van der Waals surface area contributed by atoms with Gasteiger partial charge in [-0.05, 0) is 49.3 Å². The number of ether oxygens (including phenoxy) is 1. The number of carbonyl (C=O) groups excluding carboxylic acids is 1. The molecule has 1 saturated carbocycles. The van der Waals surface area contributed by atoms with Gasteiger partial charge in [0.25, 0.3) is 0 Å². The summed E-state index contributed by atoms with van der Waals surface area (Å²) in [5, 5.41) is 0. The van der Waals surface area contributed by atoms with E-state index in [1.165, 1.54) is 0 Å². The molecule has 1 heterocycles. The van der Waals surface area contributed by atoms with Crippen molar-refractivity contribution in [2.24, 2.45) is 5.92 Å². The van der Waals surface area contributed by atoms with E-state index in [1.54, 1.807) is 0 Å². The molecule has 21 heavy (non-hydrogen) atoms. The van der Waals surface area contributed by atoms with Gasteiger partial charge in [-0.3, -0.25) is 4.79 Å². The number of carbonyl (C=O) groups is 1. The zero-order valence-electron chi connectivity index (χ0n) is 12.7. The van der Waals surface area contributed by atoms with E-state index in [2.05, 4.69) is 0 Å². The molecule has 3 rings (SSSR count). The van der Waals surface area contributed by atoms with Crippen molar-refractivity contribution in [2.45, 2.75) is 31.1 Å². The topological polar surface area (TPSA) is 55.6 Å². The minimum absolute atomic E-state index is 0.263. The van der Waals surface area contributed by atoms with Gasteiger partial charge in [0.2, 0.25) is 5.91 Å². The van der Waals surface area contributed by atoms with Crippen LogP contribution in [0.2, 0.25) is 0 Å². The van der Waals surface area contributed by atoms with Gasteiger partial charge in [0.05, 0.1) is 5.41 Å². The number of hydrogen-bond donors (Lipinski definition) is 1. The highest BCUT2D eigenvalue weighted by Gasteiger charge is 2.52. The first kappa shape index (κ1) is 14.4. The summed E-state index contributed by atoms with van der Waals surface area (Å²) in [5.74, 6) is 0.841. The fourth-order valence-electron chi connectivity index (χ4n) is 3.32. The third-order valence-electron chi connectivity index (χ3n) is 4.84. The van der Waals surface area contributed by atoms with E-state index in [0.717, 1.165) is 56.7 Å². The van der Waals surface area contributed by atoms with Crippen LogP contribution >= 0.6 is 0 Å². The van der Waals surface area contributed by atoms with Gasteiger partial charge in [0.15, 0.2) is 0 Å². The lowest BCUT2D eigenvalue weighted by Crippen LogP contribution is -2.40. The second kappa shape index (κ2) is 5.68. The lowest BCUT2D eigenvalue weighted by Gasteiger charge is -2.30. The summed E-state index contributed by atoms with van der Waals surface area (Å²) >= 11 is 0. The monoisotopic (exact) mass is 288 g/mol. The molecule has 0 bridgehead atoms. The number of amides is 1. The first-order valence-corrected chi connectivity index (χ1v) is 7.81. The standard InChI is InChI=1S/C17H24N2O2/c1-19(12-13-6-10-21-11-7-13)16(20)17(8-9-17)14-2-4-15(18)5-3-14/h2-5,13H,6-12,18H2,1H3. The van der Waals surface area contributed by atoms with Crippen molar-refractivity contribution in [1.29, 1.82) is 0 Å². The molecular weight excluding hydrogens is 264 g/mol. The molecule has 1 aliphatic carbocycles. The van der Waals surface area contributed by atoms with Gasteiger partial charge in [-0.25, -0.2) is 0 Å². The van der Waals surface area contributed by atoms with Gasteiger partial charge < -0.3 is 15.4 Å². The Morgan fingerprint density at radius 2 is 1.90 bits per heavy atom. The molecule has 4 heteroatoms. The first-order chi connectivity index (χ1) is 10.1. The maximum Gasteiger partial charge on any atom is 0.232 e. The summed E-state index contributed by atoms with van der Waals surface area (Å²) in [7, 11) is 1.94. The van der Waals surface area contributed by atoms with E-state index in [0.29, 0.717) is 5.92 Å². The summed E-state index contributed by atoms with van der Waals surface area (Å²) < 4.78 is 5.39. The van der Waals surface area contributed by atoms with Crippen LogP contribution in [0.4, 0.5) is 5.69 Å². The van der Waals surface area contributed by atoms with Gasteiger partial charge >= 0.3 is 0 Å². The number of hydrogen-bond acceptors (Lipinski definition) is 3. The lowest BCUT2D eigenvalue weighted by atomic mass is 9.93. The van der Waals surface area contributed by atoms with Gasteiger partial charge in [0.1, 0.15) is 0 Å². The fraction of sp³-hybridized carbons (Fsp3) is 0.588. The molecular formula is C17H24N2O2. The Morgan fingerprint density at radius 3 is 2.48 bits per heavy atom. The van der Waals surface area contributed by atoms with Crippen LogP contribution < -0.4 is 5.73 Å². The normalized spacial score (nSPS) is 21.0. The van der Waals surface area contributed by atoms with Crippen LogP contribution in [0.15, 0.2) is 24.3 Å². The summed E-state index contributed by atoms with van der Waals surface area (Å²) in [6.45, 7) is 2.50. The minimum atomic E-state index is -0.284. The molecule has 114 valence electrons. The largest absolute Gasteiger partial charge is 0.399 e. The maximum absolute atomic E-state index is 12.8. The van der Waals surface area contributed by atoms with E-state index >= 15 is 0 Å². The van der Waals surface area contributed by atoms with Crippen LogP contribution in [0.1, 0.15) is 31.2 Å². The molecule has 2 N–H and O–H groups in total. The molecule has 1 aliphatic heterocycles. The number of rotatable bonds is 4. The lowest BCUT2D eigenvalue weighted by molar-refractivity contribution is -0.133.